The number of nitrogens with one attached hydrogen (secondary N) is 1. The van der Waals surface area contributed by atoms with Crippen LogP contribution in [0.4, 0.5) is 5.82 Å². The number of carbonyl (C=O) groups excluding carboxylic acids is 2. The summed E-state index contributed by atoms with van der Waals surface area (Å²) < 4.78 is 0. The van der Waals surface area contributed by atoms with E-state index in [2.05, 4.69) is 10.3 Å². The molecule has 7 nitrogen and oxygen atoms in total. The predicted octanol–water partition coefficient (Wildman–Crippen LogP) is 1.31. The molecule has 7 heteroatoms. The van der Waals surface area contributed by atoms with Crippen LogP contribution in [0.15, 0.2) is 36.4 Å². The van der Waals surface area contributed by atoms with Gasteiger partial charge in [0.25, 0.3) is 11.8 Å². The van der Waals surface area contributed by atoms with Crippen LogP contribution in [0.5, 0.6) is 0 Å². The second kappa shape index (κ2) is 7.63. The molecule has 2 aromatic rings. The van der Waals surface area contributed by atoms with E-state index < -0.39 is 6.10 Å². The number of amides is 2. The Bertz CT molecular complexity index is 837. The third-order valence-electron chi connectivity index (χ3n) is 4.31. The van der Waals surface area contributed by atoms with Gasteiger partial charge in [-0.1, -0.05) is 6.07 Å². The Kier molecular flexibility index (Phi) is 5.29. The number of anilines is 1. The summed E-state index contributed by atoms with van der Waals surface area (Å²) in [4.78, 5) is 30.9. The largest absolute Gasteiger partial charge is 0.391 e. The van der Waals surface area contributed by atoms with Gasteiger partial charge in [-0.2, -0.15) is 0 Å². The molecule has 0 aliphatic carbocycles. The second-order valence-electron chi connectivity index (χ2n) is 6.43. The van der Waals surface area contributed by atoms with Crippen molar-refractivity contribution in [2.24, 2.45) is 5.73 Å². The first kappa shape index (κ1) is 18.0. The van der Waals surface area contributed by atoms with Gasteiger partial charge in [-0.25, -0.2) is 4.98 Å². The van der Waals surface area contributed by atoms with Crippen molar-refractivity contribution in [2.75, 3.05) is 18.4 Å². The van der Waals surface area contributed by atoms with Gasteiger partial charge < -0.3 is 21.1 Å². The van der Waals surface area contributed by atoms with Crippen LogP contribution in [0.1, 0.15) is 38.4 Å². The van der Waals surface area contributed by atoms with E-state index >= 15 is 0 Å². The van der Waals surface area contributed by atoms with E-state index in [-0.39, 0.29) is 11.8 Å². The minimum absolute atomic E-state index is 0.185. The minimum atomic E-state index is -0.477. The number of aliphatic hydroxyl groups is 1. The molecule has 1 aromatic heterocycles. The Labute approximate surface area is 151 Å². The molecule has 26 heavy (non-hydrogen) atoms. The second-order valence-corrected chi connectivity index (χ2v) is 6.43. The molecule has 1 aromatic carbocycles. The van der Waals surface area contributed by atoms with E-state index in [4.69, 9.17) is 5.73 Å². The highest BCUT2D eigenvalue weighted by atomic mass is 16.3. The Morgan fingerprint density at radius 2 is 2.08 bits per heavy atom. The quantitative estimate of drug-likeness (QED) is 0.767. The highest BCUT2D eigenvalue weighted by Gasteiger charge is 2.25. The number of aromatic nitrogens is 1. The molecule has 0 saturated carbocycles. The molecule has 3 rings (SSSR count). The number of aryl methyl sites for hydroxylation is 1. The number of carbonyl (C=O) groups is 2. The van der Waals surface area contributed by atoms with Gasteiger partial charge in [0.05, 0.1) is 6.10 Å². The zero-order chi connectivity index (χ0) is 18.7. The van der Waals surface area contributed by atoms with E-state index in [9.17, 15) is 14.7 Å². The van der Waals surface area contributed by atoms with E-state index in [1.807, 2.05) is 13.0 Å². The van der Waals surface area contributed by atoms with Crippen molar-refractivity contribution in [2.45, 2.75) is 26.0 Å². The van der Waals surface area contributed by atoms with Gasteiger partial charge in [-0.3, -0.25) is 9.59 Å². The van der Waals surface area contributed by atoms with Gasteiger partial charge in [0.15, 0.2) is 0 Å². The lowest BCUT2D eigenvalue weighted by Crippen LogP contribution is -2.29. The van der Waals surface area contributed by atoms with Gasteiger partial charge in [-0.05, 0) is 49.2 Å². The van der Waals surface area contributed by atoms with Crippen molar-refractivity contribution in [1.29, 1.82) is 0 Å². The van der Waals surface area contributed by atoms with Crippen molar-refractivity contribution in [3.05, 3.63) is 58.8 Å². The number of nitrogens with two attached hydrogens (primary N) is 1. The molecule has 0 spiro atoms. The number of hydrogen-bond donors (Lipinski definition) is 3. The summed E-state index contributed by atoms with van der Waals surface area (Å²) in [5.74, 6) is -0.104. The normalized spacial score (nSPS) is 16.6. The Hall–Kier alpha value is -2.77. The monoisotopic (exact) mass is 354 g/mol. The van der Waals surface area contributed by atoms with Crippen LogP contribution in [0.2, 0.25) is 0 Å². The number of nitrogens with zero attached hydrogens (tertiary/aromatic N) is 2. The summed E-state index contributed by atoms with van der Waals surface area (Å²) in [6.07, 6.45) is 0.101. The lowest BCUT2D eigenvalue weighted by atomic mass is 10.1. The molecule has 1 aliphatic rings. The molecule has 1 saturated heterocycles. The van der Waals surface area contributed by atoms with Gasteiger partial charge in [0, 0.05) is 36.5 Å². The molecule has 1 atom stereocenters. The van der Waals surface area contributed by atoms with Crippen LogP contribution in [-0.4, -0.2) is 46.0 Å². The highest BCUT2D eigenvalue weighted by Crippen LogP contribution is 2.16. The molecule has 4 N–H and O–H groups in total. The van der Waals surface area contributed by atoms with Gasteiger partial charge in [-0.15, -0.1) is 0 Å². The van der Waals surface area contributed by atoms with Crippen molar-refractivity contribution in [3.63, 3.8) is 0 Å². The number of β-amino-alcohol motifs (C(OH)–C–C–N with tert-alkyl or cyclic N) is 1. The van der Waals surface area contributed by atoms with Crippen molar-refractivity contribution in [1.82, 2.24) is 9.88 Å². The first-order chi connectivity index (χ1) is 12.5. The fourth-order valence-electron chi connectivity index (χ4n) is 3.01. The average Bonchev–Trinajstić information content (AvgIpc) is 3.07. The third-order valence-corrected chi connectivity index (χ3v) is 4.31. The highest BCUT2D eigenvalue weighted by molar-refractivity contribution is 6.05. The molecule has 1 aliphatic heterocycles. The Balaban J connectivity index is 1.76. The van der Waals surface area contributed by atoms with Gasteiger partial charge >= 0.3 is 0 Å². The maximum absolute atomic E-state index is 12.5. The summed E-state index contributed by atoms with van der Waals surface area (Å²) in [7, 11) is 0. The Morgan fingerprint density at radius 1 is 1.31 bits per heavy atom. The summed E-state index contributed by atoms with van der Waals surface area (Å²) in [6.45, 7) is 3.03. The molecular weight excluding hydrogens is 332 g/mol. The predicted molar refractivity (Wildman–Crippen MR) is 97.8 cm³/mol. The summed E-state index contributed by atoms with van der Waals surface area (Å²) in [5, 5.41) is 12.3. The van der Waals surface area contributed by atoms with Crippen molar-refractivity contribution < 1.29 is 14.7 Å². The third kappa shape index (κ3) is 4.07. The zero-order valence-electron chi connectivity index (χ0n) is 14.6. The standard InChI is InChI=1S/C19H22N4O3/c1-12-7-13(10-20)8-17(21-12)22-18(25)14-3-2-4-15(9-14)19(26)23-6-5-16(24)11-23/h2-4,7-9,16,24H,5-6,10-11,20H2,1H3,(H,21,22,25)/t16-/m0/s1. The van der Waals surface area contributed by atoms with Crippen LogP contribution in [-0.2, 0) is 6.54 Å². The summed E-state index contributed by atoms with van der Waals surface area (Å²) in [6, 6.07) is 10.1. The number of likely N-dealkylation sites (tertiary alicyclic amines) is 1. The number of hydrogen-bond acceptors (Lipinski definition) is 5. The van der Waals surface area contributed by atoms with E-state index in [0.29, 0.717) is 43.0 Å². The molecular formula is C19H22N4O3. The Morgan fingerprint density at radius 3 is 2.77 bits per heavy atom. The molecule has 0 bridgehead atoms. The first-order valence-corrected chi connectivity index (χ1v) is 8.52. The number of rotatable bonds is 4. The smallest absolute Gasteiger partial charge is 0.256 e. The SMILES string of the molecule is Cc1cc(CN)cc(NC(=O)c2cccc(C(=O)N3CC[C@H](O)C3)c2)n1. The summed E-state index contributed by atoms with van der Waals surface area (Å²) >= 11 is 0. The lowest BCUT2D eigenvalue weighted by Gasteiger charge is -2.16. The lowest BCUT2D eigenvalue weighted by molar-refractivity contribution is 0.0765. The number of aliphatic hydroxyl groups excluding tert-OH is 1. The zero-order valence-corrected chi connectivity index (χ0v) is 14.6. The first-order valence-electron chi connectivity index (χ1n) is 8.52. The molecule has 0 radical (unpaired) electrons. The van der Waals surface area contributed by atoms with Crippen LogP contribution in [0.3, 0.4) is 0 Å². The number of pyridine rings is 1. The maximum Gasteiger partial charge on any atom is 0.256 e. The van der Waals surface area contributed by atoms with Crippen LogP contribution >= 0.6 is 0 Å². The summed E-state index contributed by atoms with van der Waals surface area (Å²) in [5.41, 5.74) is 8.09. The molecule has 136 valence electrons. The van der Waals surface area contributed by atoms with E-state index in [0.717, 1.165) is 11.3 Å². The van der Waals surface area contributed by atoms with Crippen LogP contribution in [0.25, 0.3) is 0 Å². The van der Waals surface area contributed by atoms with Gasteiger partial charge in [0.2, 0.25) is 0 Å². The van der Waals surface area contributed by atoms with Crippen LogP contribution in [0, 0.1) is 6.92 Å². The average molecular weight is 354 g/mol. The van der Waals surface area contributed by atoms with E-state index in [1.165, 1.54) is 0 Å². The van der Waals surface area contributed by atoms with Gasteiger partial charge in [0.1, 0.15) is 5.82 Å². The fourth-order valence-corrected chi connectivity index (χ4v) is 3.01. The van der Waals surface area contributed by atoms with Crippen molar-refractivity contribution >= 4 is 17.6 Å². The van der Waals surface area contributed by atoms with E-state index in [1.54, 1.807) is 35.2 Å². The maximum atomic E-state index is 12.5. The molecule has 1 fully saturated rings. The topological polar surface area (TPSA) is 109 Å². The molecule has 2 heterocycles. The van der Waals surface area contributed by atoms with Crippen LogP contribution < -0.4 is 11.1 Å². The van der Waals surface area contributed by atoms with Crippen molar-refractivity contribution in [3.8, 4) is 0 Å². The molecule has 2 amide bonds. The minimum Gasteiger partial charge on any atom is -0.391 e. The fraction of sp³-hybridized carbons (Fsp3) is 0.316. The number of benzene rings is 1. The molecule has 0 unspecified atom stereocenters.